The Morgan fingerprint density at radius 3 is 2.74 bits per heavy atom. The van der Waals surface area contributed by atoms with Gasteiger partial charge in [-0.3, -0.25) is 10.1 Å². The standard InChI is InChI=1S/C13H18ClN3O2/c14-11-4-5-12(13(10-11)17(18)19)15-6-9-16-7-2-1-3-8-16/h4-5,10,15H,1-3,6-9H2. The molecule has 6 heteroatoms. The highest BCUT2D eigenvalue weighted by Crippen LogP contribution is 2.27. The fraction of sp³-hybridized carbons (Fsp3) is 0.538. The fourth-order valence-electron chi connectivity index (χ4n) is 2.34. The molecule has 1 heterocycles. The SMILES string of the molecule is O=[N+]([O-])c1cc(Cl)ccc1NCCN1CCCCC1. The zero-order chi connectivity index (χ0) is 13.7. The third kappa shape index (κ3) is 4.08. The average Bonchev–Trinajstić information content (AvgIpc) is 2.41. The Morgan fingerprint density at radius 1 is 1.32 bits per heavy atom. The Hall–Kier alpha value is -1.33. The zero-order valence-corrected chi connectivity index (χ0v) is 11.5. The Morgan fingerprint density at radius 2 is 2.05 bits per heavy atom. The number of nitro benzene ring substituents is 1. The third-order valence-corrected chi connectivity index (χ3v) is 3.58. The van der Waals surface area contributed by atoms with Crippen molar-refractivity contribution in [2.24, 2.45) is 0 Å². The topological polar surface area (TPSA) is 58.4 Å². The van der Waals surface area contributed by atoms with Crippen LogP contribution in [0.25, 0.3) is 0 Å². The molecule has 0 aliphatic carbocycles. The summed E-state index contributed by atoms with van der Waals surface area (Å²) in [6.07, 6.45) is 3.81. The smallest absolute Gasteiger partial charge is 0.293 e. The predicted molar refractivity (Wildman–Crippen MR) is 76.9 cm³/mol. The number of likely N-dealkylation sites (tertiary alicyclic amines) is 1. The summed E-state index contributed by atoms with van der Waals surface area (Å²) in [7, 11) is 0. The molecular formula is C13H18ClN3O2. The van der Waals surface area contributed by atoms with Crippen molar-refractivity contribution in [2.45, 2.75) is 19.3 Å². The minimum absolute atomic E-state index is 0.0335. The second kappa shape index (κ2) is 6.73. The second-order valence-corrected chi connectivity index (χ2v) is 5.18. The molecule has 0 spiro atoms. The molecular weight excluding hydrogens is 266 g/mol. The molecule has 1 aliphatic rings. The van der Waals surface area contributed by atoms with Crippen molar-refractivity contribution < 1.29 is 4.92 Å². The van der Waals surface area contributed by atoms with Crippen molar-refractivity contribution in [1.82, 2.24) is 4.90 Å². The number of nitrogens with one attached hydrogen (secondary N) is 1. The molecule has 2 rings (SSSR count). The maximum absolute atomic E-state index is 10.9. The summed E-state index contributed by atoms with van der Waals surface area (Å²) >= 11 is 5.78. The van der Waals surface area contributed by atoms with E-state index in [-0.39, 0.29) is 5.69 Å². The van der Waals surface area contributed by atoms with Gasteiger partial charge in [0.05, 0.1) is 4.92 Å². The molecule has 104 valence electrons. The molecule has 5 nitrogen and oxygen atoms in total. The molecule has 19 heavy (non-hydrogen) atoms. The van der Waals surface area contributed by atoms with Gasteiger partial charge in [0, 0.05) is 24.2 Å². The molecule has 1 N–H and O–H groups in total. The van der Waals surface area contributed by atoms with Crippen LogP contribution < -0.4 is 5.32 Å². The third-order valence-electron chi connectivity index (χ3n) is 3.35. The molecule has 0 aromatic heterocycles. The summed E-state index contributed by atoms with van der Waals surface area (Å²) in [4.78, 5) is 12.9. The van der Waals surface area contributed by atoms with E-state index >= 15 is 0 Å². The van der Waals surface area contributed by atoms with Crippen molar-refractivity contribution in [3.63, 3.8) is 0 Å². The van der Waals surface area contributed by atoms with E-state index in [2.05, 4.69) is 10.2 Å². The number of benzene rings is 1. The van der Waals surface area contributed by atoms with E-state index in [1.807, 2.05) is 0 Å². The summed E-state index contributed by atoms with van der Waals surface area (Å²) in [5.74, 6) is 0. The Kier molecular flexibility index (Phi) is 4.99. The van der Waals surface area contributed by atoms with Crippen LogP contribution in [0.5, 0.6) is 0 Å². The normalized spacial score (nSPS) is 16.3. The largest absolute Gasteiger partial charge is 0.378 e. The lowest BCUT2D eigenvalue weighted by Gasteiger charge is -2.26. The summed E-state index contributed by atoms with van der Waals surface area (Å²) < 4.78 is 0. The first-order chi connectivity index (χ1) is 9.16. The van der Waals surface area contributed by atoms with Crippen LogP contribution in [0.1, 0.15) is 19.3 Å². The molecule has 0 unspecified atom stereocenters. The molecule has 0 saturated carbocycles. The van der Waals surface area contributed by atoms with Crippen molar-refractivity contribution >= 4 is 23.0 Å². The zero-order valence-electron chi connectivity index (χ0n) is 10.8. The van der Waals surface area contributed by atoms with E-state index in [4.69, 9.17) is 11.6 Å². The van der Waals surface area contributed by atoms with Gasteiger partial charge >= 0.3 is 0 Å². The lowest BCUT2D eigenvalue weighted by atomic mass is 10.1. The predicted octanol–water partition coefficient (Wildman–Crippen LogP) is 3.15. The fourth-order valence-corrected chi connectivity index (χ4v) is 2.50. The van der Waals surface area contributed by atoms with Gasteiger partial charge in [-0.25, -0.2) is 0 Å². The molecule has 1 aromatic carbocycles. The molecule has 1 aliphatic heterocycles. The van der Waals surface area contributed by atoms with Crippen LogP contribution in [0.15, 0.2) is 18.2 Å². The monoisotopic (exact) mass is 283 g/mol. The Bertz CT molecular complexity index is 448. The number of piperidine rings is 1. The van der Waals surface area contributed by atoms with Gasteiger partial charge in [0.15, 0.2) is 0 Å². The highest BCUT2D eigenvalue weighted by molar-refractivity contribution is 6.30. The van der Waals surface area contributed by atoms with Crippen LogP contribution in [0.2, 0.25) is 5.02 Å². The van der Waals surface area contributed by atoms with Gasteiger partial charge in [-0.1, -0.05) is 18.0 Å². The van der Waals surface area contributed by atoms with E-state index in [0.717, 1.165) is 19.6 Å². The van der Waals surface area contributed by atoms with Gasteiger partial charge < -0.3 is 10.2 Å². The van der Waals surface area contributed by atoms with Crippen LogP contribution in [0.3, 0.4) is 0 Å². The van der Waals surface area contributed by atoms with Crippen molar-refractivity contribution in [3.8, 4) is 0 Å². The lowest BCUT2D eigenvalue weighted by molar-refractivity contribution is -0.383. The molecule has 1 saturated heterocycles. The van der Waals surface area contributed by atoms with Gasteiger partial charge in [-0.15, -0.1) is 0 Å². The van der Waals surface area contributed by atoms with Crippen LogP contribution >= 0.6 is 11.6 Å². The number of nitro groups is 1. The quantitative estimate of drug-likeness (QED) is 0.666. The minimum atomic E-state index is -0.408. The highest BCUT2D eigenvalue weighted by atomic mass is 35.5. The second-order valence-electron chi connectivity index (χ2n) is 4.75. The molecule has 1 fully saturated rings. The number of rotatable bonds is 5. The van der Waals surface area contributed by atoms with Gasteiger partial charge in [-0.2, -0.15) is 0 Å². The van der Waals surface area contributed by atoms with E-state index in [1.54, 1.807) is 12.1 Å². The van der Waals surface area contributed by atoms with Crippen LogP contribution in [-0.2, 0) is 0 Å². The van der Waals surface area contributed by atoms with Crippen molar-refractivity contribution in [3.05, 3.63) is 33.3 Å². The average molecular weight is 284 g/mol. The minimum Gasteiger partial charge on any atom is -0.378 e. The lowest BCUT2D eigenvalue weighted by Crippen LogP contribution is -2.33. The molecule has 0 amide bonds. The van der Waals surface area contributed by atoms with E-state index in [0.29, 0.717) is 17.3 Å². The summed E-state index contributed by atoms with van der Waals surface area (Å²) in [6.45, 7) is 3.89. The first kappa shape index (κ1) is 14.1. The molecule has 1 aromatic rings. The number of anilines is 1. The maximum Gasteiger partial charge on any atom is 0.293 e. The van der Waals surface area contributed by atoms with Crippen molar-refractivity contribution in [1.29, 1.82) is 0 Å². The van der Waals surface area contributed by atoms with Gasteiger partial charge in [0.2, 0.25) is 0 Å². The first-order valence-corrected chi connectivity index (χ1v) is 6.95. The van der Waals surface area contributed by atoms with Gasteiger partial charge in [0.1, 0.15) is 5.69 Å². The Balaban J connectivity index is 1.89. The van der Waals surface area contributed by atoms with E-state index in [1.165, 1.54) is 25.3 Å². The Labute approximate surface area is 117 Å². The summed E-state index contributed by atoms with van der Waals surface area (Å²) in [5.41, 5.74) is 0.567. The van der Waals surface area contributed by atoms with Gasteiger partial charge in [-0.05, 0) is 38.1 Å². The number of nitrogens with zero attached hydrogens (tertiary/aromatic N) is 2. The summed E-state index contributed by atoms with van der Waals surface area (Å²) in [5, 5.41) is 14.4. The number of hydrogen-bond donors (Lipinski definition) is 1. The van der Waals surface area contributed by atoms with Crippen molar-refractivity contribution in [2.75, 3.05) is 31.5 Å². The van der Waals surface area contributed by atoms with E-state index < -0.39 is 4.92 Å². The molecule has 0 bridgehead atoms. The summed E-state index contributed by atoms with van der Waals surface area (Å²) in [6, 6.07) is 4.71. The van der Waals surface area contributed by atoms with Crippen LogP contribution in [0, 0.1) is 10.1 Å². The van der Waals surface area contributed by atoms with Crippen LogP contribution in [0.4, 0.5) is 11.4 Å². The van der Waals surface area contributed by atoms with E-state index in [9.17, 15) is 10.1 Å². The first-order valence-electron chi connectivity index (χ1n) is 6.57. The van der Waals surface area contributed by atoms with Gasteiger partial charge in [0.25, 0.3) is 5.69 Å². The molecule has 0 atom stereocenters. The maximum atomic E-state index is 10.9. The van der Waals surface area contributed by atoms with Crippen LogP contribution in [-0.4, -0.2) is 36.0 Å². The molecule has 0 radical (unpaired) electrons. The number of halogens is 1. The highest BCUT2D eigenvalue weighted by Gasteiger charge is 2.14. The number of hydrogen-bond acceptors (Lipinski definition) is 4.